The molecule has 0 spiro atoms. The fraction of sp³-hybridized carbons (Fsp3) is 0.167. The minimum atomic E-state index is -3.09. The van der Waals surface area contributed by atoms with E-state index in [1.54, 1.807) is 12.2 Å². The topological polar surface area (TPSA) is 46.2 Å². The molecule has 0 saturated heterocycles. The van der Waals surface area contributed by atoms with Gasteiger partial charge >= 0.3 is 0 Å². The number of halogens is 1. The van der Waals surface area contributed by atoms with E-state index in [1.807, 2.05) is 24.3 Å². The van der Waals surface area contributed by atoms with Crippen molar-refractivity contribution < 1.29 is 8.42 Å². The quantitative estimate of drug-likeness (QED) is 0.911. The van der Waals surface area contributed by atoms with Crippen molar-refractivity contribution in [1.29, 1.82) is 0 Å². The van der Waals surface area contributed by atoms with E-state index in [9.17, 15) is 8.42 Å². The van der Waals surface area contributed by atoms with Gasteiger partial charge in [-0.05, 0) is 29.8 Å². The van der Waals surface area contributed by atoms with Crippen LogP contribution in [-0.2, 0) is 9.84 Å². The standard InChI is InChI=1S/C12H12BrNO2S/c1-17(15,16)11-5-6-12(14-8-11)9-3-2-4-10(13)7-9/h2-7,14H,8H2,1H3. The molecule has 2 rings (SSSR count). The predicted molar refractivity (Wildman–Crippen MR) is 73.0 cm³/mol. The molecule has 1 N–H and O–H groups in total. The Kier molecular flexibility index (Phi) is 3.40. The van der Waals surface area contributed by atoms with Gasteiger partial charge in [0.15, 0.2) is 9.84 Å². The number of nitrogens with one attached hydrogen (secondary N) is 1. The monoisotopic (exact) mass is 313 g/mol. The summed E-state index contributed by atoms with van der Waals surface area (Å²) >= 11 is 3.41. The molecule has 90 valence electrons. The first kappa shape index (κ1) is 12.4. The minimum absolute atomic E-state index is 0.344. The van der Waals surface area contributed by atoms with Crippen molar-refractivity contribution in [3.05, 3.63) is 51.4 Å². The Bertz CT molecular complexity index is 603. The molecule has 0 aliphatic carbocycles. The molecule has 1 aromatic rings. The van der Waals surface area contributed by atoms with Crippen LogP contribution in [0.1, 0.15) is 5.56 Å². The Hall–Kier alpha value is -1.07. The number of hydrogen-bond donors (Lipinski definition) is 1. The molecular weight excluding hydrogens is 302 g/mol. The summed E-state index contributed by atoms with van der Waals surface area (Å²) in [6.07, 6.45) is 4.67. The van der Waals surface area contributed by atoms with E-state index < -0.39 is 9.84 Å². The Morgan fingerprint density at radius 3 is 2.59 bits per heavy atom. The smallest absolute Gasteiger partial charge is 0.173 e. The maximum atomic E-state index is 11.3. The molecule has 0 saturated carbocycles. The molecule has 0 unspecified atom stereocenters. The molecule has 0 bridgehead atoms. The highest BCUT2D eigenvalue weighted by atomic mass is 79.9. The Morgan fingerprint density at radius 1 is 1.29 bits per heavy atom. The second kappa shape index (κ2) is 4.66. The van der Waals surface area contributed by atoms with Crippen molar-refractivity contribution in [3.63, 3.8) is 0 Å². The number of benzene rings is 1. The number of allylic oxidation sites excluding steroid dienone is 2. The molecule has 3 nitrogen and oxygen atoms in total. The third kappa shape index (κ3) is 2.98. The summed E-state index contributed by atoms with van der Waals surface area (Å²) in [4.78, 5) is 0.413. The van der Waals surface area contributed by atoms with Crippen LogP contribution in [0.15, 0.2) is 45.8 Å². The van der Waals surface area contributed by atoms with Gasteiger partial charge in [0.05, 0.1) is 11.4 Å². The summed E-state index contributed by atoms with van der Waals surface area (Å²) < 4.78 is 23.7. The molecule has 1 aliphatic heterocycles. The van der Waals surface area contributed by atoms with Gasteiger partial charge < -0.3 is 5.32 Å². The Morgan fingerprint density at radius 2 is 2.06 bits per heavy atom. The highest BCUT2D eigenvalue weighted by Gasteiger charge is 2.14. The highest BCUT2D eigenvalue weighted by molar-refractivity contribution is 9.10. The zero-order chi connectivity index (χ0) is 12.5. The van der Waals surface area contributed by atoms with Gasteiger partial charge in [0, 0.05) is 16.4 Å². The summed E-state index contributed by atoms with van der Waals surface area (Å²) in [6.45, 7) is 0.344. The summed E-state index contributed by atoms with van der Waals surface area (Å²) in [7, 11) is -3.09. The van der Waals surface area contributed by atoms with Gasteiger partial charge in [-0.1, -0.05) is 28.1 Å². The van der Waals surface area contributed by atoms with Gasteiger partial charge in [-0.2, -0.15) is 0 Å². The summed E-state index contributed by atoms with van der Waals surface area (Å²) in [5.41, 5.74) is 1.96. The third-order valence-corrected chi connectivity index (χ3v) is 4.23. The molecule has 1 aromatic carbocycles. The lowest BCUT2D eigenvalue weighted by Crippen LogP contribution is -2.22. The van der Waals surface area contributed by atoms with Gasteiger partial charge in [-0.25, -0.2) is 8.42 Å². The number of hydrogen-bond acceptors (Lipinski definition) is 3. The lowest BCUT2D eigenvalue weighted by molar-refractivity contribution is 0.606. The Labute approximate surface area is 109 Å². The maximum absolute atomic E-state index is 11.3. The van der Waals surface area contributed by atoms with Gasteiger partial charge in [0.2, 0.25) is 0 Å². The van der Waals surface area contributed by atoms with Gasteiger partial charge in [0.1, 0.15) is 0 Å². The molecule has 0 radical (unpaired) electrons. The van der Waals surface area contributed by atoms with E-state index in [0.717, 1.165) is 15.7 Å². The summed E-state index contributed by atoms with van der Waals surface area (Å²) in [5, 5.41) is 3.11. The molecule has 0 amide bonds. The number of rotatable bonds is 2. The molecule has 0 atom stereocenters. The van der Waals surface area contributed by atoms with Crippen LogP contribution in [0.4, 0.5) is 0 Å². The fourth-order valence-electron chi connectivity index (χ4n) is 1.59. The van der Waals surface area contributed by atoms with E-state index in [0.29, 0.717) is 11.4 Å². The van der Waals surface area contributed by atoms with Crippen molar-refractivity contribution in [2.75, 3.05) is 12.8 Å². The summed E-state index contributed by atoms with van der Waals surface area (Å²) in [5.74, 6) is 0. The van der Waals surface area contributed by atoms with Crippen molar-refractivity contribution in [1.82, 2.24) is 5.32 Å². The fourth-order valence-corrected chi connectivity index (χ4v) is 2.63. The molecule has 0 aromatic heterocycles. The predicted octanol–water partition coefficient (Wildman–Crippen LogP) is 2.32. The molecule has 1 heterocycles. The van der Waals surface area contributed by atoms with E-state index in [4.69, 9.17) is 0 Å². The van der Waals surface area contributed by atoms with Gasteiger partial charge in [-0.15, -0.1) is 0 Å². The molecular formula is C12H12BrNO2S. The van der Waals surface area contributed by atoms with E-state index in [-0.39, 0.29) is 0 Å². The largest absolute Gasteiger partial charge is 0.380 e. The third-order valence-electron chi connectivity index (χ3n) is 2.50. The van der Waals surface area contributed by atoms with E-state index in [1.165, 1.54) is 6.26 Å². The van der Waals surface area contributed by atoms with Crippen LogP contribution >= 0.6 is 15.9 Å². The Balaban J connectivity index is 2.33. The van der Waals surface area contributed by atoms with Crippen molar-refractivity contribution in [2.45, 2.75) is 0 Å². The second-order valence-electron chi connectivity index (χ2n) is 3.85. The van der Waals surface area contributed by atoms with E-state index in [2.05, 4.69) is 21.2 Å². The lowest BCUT2D eigenvalue weighted by Gasteiger charge is -2.16. The van der Waals surface area contributed by atoms with Crippen LogP contribution < -0.4 is 5.32 Å². The number of sulfone groups is 1. The maximum Gasteiger partial charge on any atom is 0.173 e. The van der Waals surface area contributed by atoms with Crippen molar-refractivity contribution in [3.8, 4) is 0 Å². The summed E-state index contributed by atoms with van der Waals surface area (Å²) in [6, 6.07) is 7.85. The zero-order valence-electron chi connectivity index (χ0n) is 9.27. The molecule has 0 fully saturated rings. The van der Waals surface area contributed by atoms with Crippen LogP contribution in [0, 0.1) is 0 Å². The van der Waals surface area contributed by atoms with Crippen LogP contribution in [0.5, 0.6) is 0 Å². The zero-order valence-corrected chi connectivity index (χ0v) is 11.7. The SMILES string of the molecule is CS(=O)(=O)C1=CC=C(c2cccc(Br)c2)NC1. The highest BCUT2D eigenvalue weighted by Crippen LogP contribution is 2.20. The average molecular weight is 314 g/mol. The molecule has 17 heavy (non-hydrogen) atoms. The van der Waals surface area contributed by atoms with Gasteiger partial charge in [-0.3, -0.25) is 0 Å². The molecule has 5 heteroatoms. The second-order valence-corrected chi connectivity index (χ2v) is 6.83. The molecule has 1 aliphatic rings. The van der Waals surface area contributed by atoms with E-state index >= 15 is 0 Å². The average Bonchev–Trinajstić information content (AvgIpc) is 2.28. The first-order valence-electron chi connectivity index (χ1n) is 5.07. The minimum Gasteiger partial charge on any atom is -0.380 e. The lowest BCUT2D eigenvalue weighted by atomic mass is 10.1. The van der Waals surface area contributed by atoms with Gasteiger partial charge in [0.25, 0.3) is 0 Å². The normalized spacial score (nSPS) is 15.9. The van der Waals surface area contributed by atoms with Crippen LogP contribution in [0.2, 0.25) is 0 Å². The first-order valence-corrected chi connectivity index (χ1v) is 7.76. The van der Waals surface area contributed by atoms with Crippen LogP contribution in [0.25, 0.3) is 5.70 Å². The van der Waals surface area contributed by atoms with Crippen LogP contribution in [-0.4, -0.2) is 21.2 Å². The van der Waals surface area contributed by atoms with Crippen molar-refractivity contribution in [2.24, 2.45) is 0 Å². The van der Waals surface area contributed by atoms with Crippen LogP contribution in [0.3, 0.4) is 0 Å². The first-order chi connectivity index (χ1) is 7.97. The van der Waals surface area contributed by atoms with Crippen molar-refractivity contribution >= 4 is 31.5 Å². The number of dihydropyridines is 1.